The Balaban J connectivity index is 1.81. The smallest absolute Gasteiger partial charge is 0.249 e. The molecule has 1 aromatic rings. The summed E-state index contributed by atoms with van der Waals surface area (Å²) in [7, 11) is 0. The van der Waals surface area contributed by atoms with E-state index in [0.29, 0.717) is 19.7 Å². The molecule has 5 nitrogen and oxygen atoms in total. The van der Waals surface area contributed by atoms with Crippen LogP contribution in [-0.2, 0) is 20.9 Å². The maximum Gasteiger partial charge on any atom is 0.249 e. The fraction of sp³-hybridized carbons (Fsp3) is 0.500. The van der Waals surface area contributed by atoms with E-state index >= 15 is 0 Å². The molecule has 1 saturated heterocycles. The van der Waals surface area contributed by atoms with Crippen LogP contribution in [0.2, 0.25) is 0 Å². The lowest BCUT2D eigenvalue weighted by Gasteiger charge is -2.21. The van der Waals surface area contributed by atoms with Crippen LogP contribution < -0.4 is 5.32 Å². The predicted octanol–water partition coefficient (Wildman–Crippen LogP) is 1.33. The van der Waals surface area contributed by atoms with Gasteiger partial charge in [0.15, 0.2) is 0 Å². The molecule has 1 aliphatic heterocycles. The fourth-order valence-electron chi connectivity index (χ4n) is 2.35. The molecular weight excluding hydrogens is 268 g/mol. The molecule has 114 valence electrons. The molecule has 0 radical (unpaired) electrons. The van der Waals surface area contributed by atoms with E-state index in [-0.39, 0.29) is 24.5 Å². The van der Waals surface area contributed by atoms with E-state index in [1.807, 2.05) is 37.3 Å². The molecular formula is C16H22N2O3. The zero-order valence-corrected chi connectivity index (χ0v) is 12.4. The van der Waals surface area contributed by atoms with Crippen LogP contribution in [0.4, 0.5) is 0 Å². The Hall–Kier alpha value is -1.88. The van der Waals surface area contributed by atoms with Crippen molar-refractivity contribution < 1.29 is 14.3 Å². The second kappa shape index (κ2) is 7.78. The molecule has 0 aliphatic carbocycles. The first-order valence-corrected chi connectivity index (χ1v) is 7.41. The molecule has 1 aliphatic rings. The highest BCUT2D eigenvalue weighted by molar-refractivity contribution is 5.87. The average Bonchev–Trinajstić information content (AvgIpc) is 3.05. The Morgan fingerprint density at radius 1 is 1.33 bits per heavy atom. The molecule has 1 N–H and O–H groups in total. The Morgan fingerprint density at radius 2 is 2.10 bits per heavy atom. The van der Waals surface area contributed by atoms with Gasteiger partial charge in [0.2, 0.25) is 11.8 Å². The third kappa shape index (κ3) is 4.56. The summed E-state index contributed by atoms with van der Waals surface area (Å²) < 4.78 is 5.29. The van der Waals surface area contributed by atoms with Crippen molar-refractivity contribution in [2.24, 2.45) is 0 Å². The first-order valence-electron chi connectivity index (χ1n) is 7.41. The van der Waals surface area contributed by atoms with Gasteiger partial charge >= 0.3 is 0 Å². The van der Waals surface area contributed by atoms with E-state index in [1.165, 1.54) is 0 Å². The lowest BCUT2D eigenvalue weighted by Crippen LogP contribution is -2.43. The van der Waals surface area contributed by atoms with E-state index < -0.39 is 0 Å². The molecule has 5 heteroatoms. The number of ether oxygens (including phenoxy) is 1. The minimum Gasteiger partial charge on any atom is -0.368 e. The molecule has 0 bridgehead atoms. The molecule has 0 unspecified atom stereocenters. The first-order chi connectivity index (χ1) is 10.2. The van der Waals surface area contributed by atoms with Crippen LogP contribution in [0.15, 0.2) is 30.3 Å². The summed E-state index contributed by atoms with van der Waals surface area (Å²) in [5.74, 6) is -0.260. The molecule has 0 spiro atoms. The van der Waals surface area contributed by atoms with E-state index in [4.69, 9.17) is 4.74 Å². The summed E-state index contributed by atoms with van der Waals surface area (Å²) >= 11 is 0. The monoisotopic (exact) mass is 290 g/mol. The maximum atomic E-state index is 12.2. The van der Waals surface area contributed by atoms with Gasteiger partial charge in [-0.15, -0.1) is 0 Å². The minimum absolute atomic E-state index is 0.0271. The van der Waals surface area contributed by atoms with Crippen molar-refractivity contribution >= 4 is 11.8 Å². The van der Waals surface area contributed by atoms with E-state index in [2.05, 4.69) is 5.32 Å². The summed E-state index contributed by atoms with van der Waals surface area (Å²) in [5, 5.41) is 2.67. The second-order valence-corrected chi connectivity index (χ2v) is 5.11. The summed E-state index contributed by atoms with van der Waals surface area (Å²) in [4.78, 5) is 25.7. The average molecular weight is 290 g/mol. The third-order valence-electron chi connectivity index (χ3n) is 3.59. The number of rotatable bonds is 6. The number of nitrogens with one attached hydrogen (secondary N) is 1. The van der Waals surface area contributed by atoms with E-state index in [1.54, 1.807) is 4.90 Å². The molecule has 2 amide bonds. The summed E-state index contributed by atoms with van der Waals surface area (Å²) in [6.45, 7) is 3.76. The lowest BCUT2D eigenvalue weighted by atomic mass is 10.2. The largest absolute Gasteiger partial charge is 0.368 e. The zero-order chi connectivity index (χ0) is 15.1. The molecule has 1 aromatic carbocycles. The summed E-state index contributed by atoms with van der Waals surface area (Å²) in [5.41, 5.74) is 1.08. The molecule has 1 fully saturated rings. The molecule has 0 saturated carbocycles. The number of benzene rings is 1. The molecule has 0 aromatic heterocycles. The van der Waals surface area contributed by atoms with Gasteiger partial charge in [-0.3, -0.25) is 9.59 Å². The zero-order valence-electron chi connectivity index (χ0n) is 12.4. The lowest BCUT2D eigenvalue weighted by molar-refractivity contribution is -0.136. The number of likely N-dealkylation sites (N-methyl/N-ethyl adjacent to an activating group) is 1. The van der Waals surface area contributed by atoms with Crippen LogP contribution in [-0.4, -0.2) is 42.5 Å². The van der Waals surface area contributed by atoms with E-state index in [9.17, 15) is 9.59 Å². The van der Waals surface area contributed by atoms with Crippen molar-refractivity contribution in [3.63, 3.8) is 0 Å². The molecule has 21 heavy (non-hydrogen) atoms. The van der Waals surface area contributed by atoms with Gasteiger partial charge in [-0.05, 0) is 25.3 Å². The Labute approximate surface area is 125 Å². The van der Waals surface area contributed by atoms with Crippen LogP contribution in [0.5, 0.6) is 0 Å². The summed E-state index contributed by atoms with van der Waals surface area (Å²) in [6.07, 6.45) is 1.25. The van der Waals surface area contributed by atoms with Crippen LogP contribution in [0.3, 0.4) is 0 Å². The normalized spacial score (nSPS) is 17.5. The highest BCUT2D eigenvalue weighted by Crippen LogP contribution is 2.11. The molecule has 1 heterocycles. The van der Waals surface area contributed by atoms with E-state index in [0.717, 1.165) is 18.4 Å². The Bertz CT molecular complexity index is 470. The van der Waals surface area contributed by atoms with Crippen molar-refractivity contribution in [1.82, 2.24) is 10.2 Å². The minimum atomic E-state index is -0.387. The van der Waals surface area contributed by atoms with Crippen LogP contribution >= 0.6 is 0 Å². The standard InChI is InChI=1S/C16H22N2O3/c1-2-18(12-13-7-4-3-5-8-13)15(19)11-17-16(20)14-9-6-10-21-14/h3-5,7-8,14H,2,6,9-12H2,1H3,(H,17,20)/t14-/m1/s1. The van der Waals surface area contributed by atoms with Crippen molar-refractivity contribution in [2.75, 3.05) is 19.7 Å². The highest BCUT2D eigenvalue weighted by Gasteiger charge is 2.24. The van der Waals surface area contributed by atoms with Gasteiger partial charge in [-0.25, -0.2) is 0 Å². The van der Waals surface area contributed by atoms with Crippen molar-refractivity contribution in [3.05, 3.63) is 35.9 Å². The fourth-order valence-corrected chi connectivity index (χ4v) is 2.35. The highest BCUT2D eigenvalue weighted by atomic mass is 16.5. The van der Waals surface area contributed by atoms with Crippen molar-refractivity contribution in [1.29, 1.82) is 0 Å². The van der Waals surface area contributed by atoms with Gasteiger partial charge < -0.3 is 15.0 Å². The van der Waals surface area contributed by atoms with Crippen LogP contribution in [0.1, 0.15) is 25.3 Å². The number of amides is 2. The van der Waals surface area contributed by atoms with Gasteiger partial charge in [0, 0.05) is 19.7 Å². The Morgan fingerprint density at radius 3 is 2.71 bits per heavy atom. The molecule has 2 rings (SSSR count). The van der Waals surface area contributed by atoms with Gasteiger partial charge in [-0.2, -0.15) is 0 Å². The second-order valence-electron chi connectivity index (χ2n) is 5.11. The molecule has 1 atom stereocenters. The predicted molar refractivity (Wildman–Crippen MR) is 79.5 cm³/mol. The van der Waals surface area contributed by atoms with Crippen molar-refractivity contribution in [2.45, 2.75) is 32.4 Å². The topological polar surface area (TPSA) is 58.6 Å². The van der Waals surface area contributed by atoms with Crippen molar-refractivity contribution in [3.8, 4) is 0 Å². The van der Waals surface area contributed by atoms with Gasteiger partial charge in [0.05, 0.1) is 6.54 Å². The van der Waals surface area contributed by atoms with Crippen LogP contribution in [0.25, 0.3) is 0 Å². The van der Waals surface area contributed by atoms with Gasteiger partial charge in [0.1, 0.15) is 6.10 Å². The first kappa shape index (κ1) is 15.5. The third-order valence-corrected chi connectivity index (χ3v) is 3.59. The number of carbonyl (C=O) groups excluding carboxylic acids is 2. The number of carbonyl (C=O) groups is 2. The SMILES string of the molecule is CCN(Cc1ccccc1)C(=O)CNC(=O)[C@H]1CCCO1. The maximum absolute atomic E-state index is 12.2. The number of hydrogen-bond donors (Lipinski definition) is 1. The van der Waals surface area contributed by atoms with Gasteiger partial charge in [0.25, 0.3) is 0 Å². The Kier molecular flexibility index (Phi) is 5.75. The van der Waals surface area contributed by atoms with Gasteiger partial charge in [-0.1, -0.05) is 30.3 Å². The summed E-state index contributed by atoms with van der Waals surface area (Å²) in [6, 6.07) is 9.82. The van der Waals surface area contributed by atoms with Crippen LogP contribution in [0, 0.1) is 0 Å². The number of nitrogens with zero attached hydrogens (tertiary/aromatic N) is 1. The quantitative estimate of drug-likeness (QED) is 0.860. The number of hydrogen-bond acceptors (Lipinski definition) is 3.